The number of rotatable bonds is 5. The molecular formula is C14H11Br2ClO2. The lowest BCUT2D eigenvalue weighted by Gasteiger charge is -2.09. The van der Waals surface area contributed by atoms with Gasteiger partial charge in [0.25, 0.3) is 0 Å². The van der Waals surface area contributed by atoms with Crippen molar-refractivity contribution in [2.45, 2.75) is 0 Å². The predicted molar refractivity (Wildman–Crippen MR) is 84.3 cm³/mol. The molecule has 2 aromatic rings. The SMILES string of the molecule is Clc1ccc(OCCOc2ccc(Br)cc2)c(Br)c1. The van der Waals surface area contributed by atoms with Crippen LogP contribution in [0.1, 0.15) is 0 Å². The van der Waals surface area contributed by atoms with E-state index in [1.165, 1.54) is 0 Å². The minimum atomic E-state index is 0.469. The molecule has 0 saturated carbocycles. The van der Waals surface area contributed by atoms with Gasteiger partial charge >= 0.3 is 0 Å². The first kappa shape index (κ1) is 14.7. The summed E-state index contributed by atoms with van der Waals surface area (Å²) >= 11 is 12.6. The minimum Gasteiger partial charge on any atom is -0.490 e. The largest absolute Gasteiger partial charge is 0.490 e. The van der Waals surface area contributed by atoms with E-state index < -0.39 is 0 Å². The van der Waals surface area contributed by atoms with Crippen molar-refractivity contribution in [2.24, 2.45) is 0 Å². The molecule has 0 radical (unpaired) electrons. The van der Waals surface area contributed by atoms with Crippen molar-refractivity contribution >= 4 is 43.5 Å². The lowest BCUT2D eigenvalue weighted by atomic mass is 10.3. The molecule has 2 rings (SSSR count). The number of halogens is 3. The van der Waals surface area contributed by atoms with Gasteiger partial charge in [-0.2, -0.15) is 0 Å². The molecule has 0 aliphatic heterocycles. The molecular weight excluding hydrogens is 395 g/mol. The average molecular weight is 407 g/mol. The minimum absolute atomic E-state index is 0.469. The second-order valence-corrected chi connectivity index (χ2v) is 5.93. The Balaban J connectivity index is 1.79. The van der Waals surface area contributed by atoms with Crippen LogP contribution in [-0.4, -0.2) is 13.2 Å². The third kappa shape index (κ3) is 4.71. The quantitative estimate of drug-likeness (QED) is 0.626. The van der Waals surface area contributed by atoms with Gasteiger partial charge in [-0.25, -0.2) is 0 Å². The smallest absolute Gasteiger partial charge is 0.133 e. The Kier molecular flexibility index (Phi) is 5.55. The molecule has 0 amide bonds. The molecule has 0 saturated heterocycles. The molecule has 0 spiro atoms. The Hall–Kier alpha value is -0.710. The zero-order valence-electron chi connectivity index (χ0n) is 9.91. The number of hydrogen-bond acceptors (Lipinski definition) is 2. The summed E-state index contributed by atoms with van der Waals surface area (Å²) in [6.45, 7) is 0.951. The van der Waals surface area contributed by atoms with Crippen LogP contribution in [0.2, 0.25) is 5.02 Å². The van der Waals surface area contributed by atoms with Gasteiger partial charge < -0.3 is 9.47 Å². The normalized spacial score (nSPS) is 10.3. The Morgan fingerprint density at radius 3 is 2.26 bits per heavy atom. The summed E-state index contributed by atoms with van der Waals surface area (Å²) in [5, 5.41) is 0.672. The second-order valence-electron chi connectivity index (χ2n) is 3.73. The standard InChI is InChI=1S/C14H11Br2ClO2/c15-10-1-4-12(5-2-10)18-7-8-19-14-6-3-11(17)9-13(14)16/h1-6,9H,7-8H2. The molecule has 2 nitrogen and oxygen atoms in total. The summed E-state index contributed by atoms with van der Waals surface area (Å²) in [6, 6.07) is 13.1. The molecule has 0 unspecified atom stereocenters. The number of ether oxygens (including phenoxy) is 2. The van der Waals surface area contributed by atoms with Crippen molar-refractivity contribution in [2.75, 3.05) is 13.2 Å². The molecule has 2 aromatic carbocycles. The highest BCUT2D eigenvalue weighted by atomic mass is 79.9. The van der Waals surface area contributed by atoms with E-state index in [9.17, 15) is 0 Å². The van der Waals surface area contributed by atoms with Gasteiger partial charge in [-0.3, -0.25) is 0 Å². The fourth-order valence-corrected chi connectivity index (χ4v) is 2.50. The predicted octanol–water partition coefficient (Wildman–Crippen LogP) is 5.32. The Morgan fingerprint density at radius 1 is 0.895 bits per heavy atom. The van der Waals surface area contributed by atoms with Crippen LogP contribution in [0.15, 0.2) is 51.4 Å². The van der Waals surface area contributed by atoms with Gasteiger partial charge in [0.1, 0.15) is 24.7 Å². The summed E-state index contributed by atoms with van der Waals surface area (Å²) in [4.78, 5) is 0. The van der Waals surface area contributed by atoms with Crippen molar-refractivity contribution < 1.29 is 9.47 Å². The number of hydrogen-bond donors (Lipinski definition) is 0. The van der Waals surface area contributed by atoms with Crippen LogP contribution >= 0.6 is 43.5 Å². The molecule has 100 valence electrons. The third-order valence-corrected chi connectivity index (χ3v) is 3.70. The van der Waals surface area contributed by atoms with Gasteiger partial charge in [0.05, 0.1) is 4.47 Å². The van der Waals surface area contributed by atoms with E-state index in [1.807, 2.05) is 30.3 Å². The van der Waals surface area contributed by atoms with E-state index in [0.717, 1.165) is 20.4 Å². The van der Waals surface area contributed by atoms with Crippen LogP contribution in [0, 0.1) is 0 Å². The Labute approximate surface area is 133 Å². The van der Waals surface area contributed by atoms with E-state index in [4.69, 9.17) is 21.1 Å². The van der Waals surface area contributed by atoms with E-state index in [0.29, 0.717) is 18.2 Å². The van der Waals surface area contributed by atoms with Crippen molar-refractivity contribution in [1.82, 2.24) is 0 Å². The van der Waals surface area contributed by atoms with Gasteiger partial charge in [-0.05, 0) is 58.4 Å². The van der Waals surface area contributed by atoms with Crippen molar-refractivity contribution in [3.8, 4) is 11.5 Å². The molecule has 0 bridgehead atoms. The molecule has 0 aliphatic rings. The van der Waals surface area contributed by atoms with Crippen LogP contribution in [0.3, 0.4) is 0 Å². The van der Waals surface area contributed by atoms with Crippen LogP contribution in [-0.2, 0) is 0 Å². The summed E-state index contributed by atoms with van der Waals surface area (Å²) in [6.07, 6.45) is 0. The highest BCUT2D eigenvalue weighted by Gasteiger charge is 2.02. The third-order valence-electron chi connectivity index (χ3n) is 2.32. The van der Waals surface area contributed by atoms with Gasteiger partial charge in [-0.15, -0.1) is 0 Å². The lowest BCUT2D eigenvalue weighted by Crippen LogP contribution is -2.09. The fourth-order valence-electron chi connectivity index (χ4n) is 1.43. The molecule has 0 fully saturated rings. The maximum atomic E-state index is 5.86. The highest BCUT2D eigenvalue weighted by molar-refractivity contribution is 9.10. The van der Waals surface area contributed by atoms with Crippen LogP contribution < -0.4 is 9.47 Å². The Bertz CT molecular complexity index is 544. The molecule has 0 aliphatic carbocycles. The summed E-state index contributed by atoms with van der Waals surface area (Å²) in [5.41, 5.74) is 0. The second kappa shape index (κ2) is 7.17. The molecule has 5 heteroatoms. The van der Waals surface area contributed by atoms with Crippen molar-refractivity contribution in [3.05, 3.63) is 56.4 Å². The zero-order valence-corrected chi connectivity index (χ0v) is 13.8. The summed E-state index contributed by atoms with van der Waals surface area (Å²) < 4.78 is 13.0. The van der Waals surface area contributed by atoms with Crippen molar-refractivity contribution in [3.63, 3.8) is 0 Å². The van der Waals surface area contributed by atoms with Gasteiger partial charge in [-0.1, -0.05) is 27.5 Å². The molecule has 0 aromatic heterocycles. The lowest BCUT2D eigenvalue weighted by molar-refractivity contribution is 0.216. The summed E-state index contributed by atoms with van der Waals surface area (Å²) in [7, 11) is 0. The van der Waals surface area contributed by atoms with E-state index in [1.54, 1.807) is 12.1 Å². The molecule has 0 atom stereocenters. The van der Waals surface area contributed by atoms with Crippen LogP contribution in [0.5, 0.6) is 11.5 Å². The van der Waals surface area contributed by atoms with Gasteiger partial charge in [0.2, 0.25) is 0 Å². The van der Waals surface area contributed by atoms with E-state index in [-0.39, 0.29) is 0 Å². The van der Waals surface area contributed by atoms with Crippen LogP contribution in [0.4, 0.5) is 0 Å². The molecule has 19 heavy (non-hydrogen) atoms. The van der Waals surface area contributed by atoms with Gasteiger partial charge in [0, 0.05) is 9.50 Å². The first-order chi connectivity index (χ1) is 9.15. The van der Waals surface area contributed by atoms with Gasteiger partial charge in [0.15, 0.2) is 0 Å². The topological polar surface area (TPSA) is 18.5 Å². The fraction of sp³-hybridized carbons (Fsp3) is 0.143. The highest BCUT2D eigenvalue weighted by Crippen LogP contribution is 2.27. The molecule has 0 heterocycles. The maximum Gasteiger partial charge on any atom is 0.133 e. The van der Waals surface area contributed by atoms with E-state index in [2.05, 4.69) is 31.9 Å². The summed E-state index contributed by atoms with van der Waals surface area (Å²) in [5.74, 6) is 1.57. The maximum absolute atomic E-state index is 5.86. The first-order valence-electron chi connectivity index (χ1n) is 5.61. The van der Waals surface area contributed by atoms with Crippen molar-refractivity contribution in [1.29, 1.82) is 0 Å². The zero-order chi connectivity index (χ0) is 13.7. The average Bonchev–Trinajstić information content (AvgIpc) is 2.39. The van der Waals surface area contributed by atoms with Crippen LogP contribution in [0.25, 0.3) is 0 Å². The number of benzene rings is 2. The molecule has 0 N–H and O–H groups in total. The Morgan fingerprint density at radius 2 is 1.58 bits per heavy atom. The first-order valence-corrected chi connectivity index (χ1v) is 7.58. The van der Waals surface area contributed by atoms with E-state index >= 15 is 0 Å². The monoisotopic (exact) mass is 404 g/mol.